The van der Waals surface area contributed by atoms with E-state index >= 15 is 0 Å². The van der Waals surface area contributed by atoms with Crippen molar-refractivity contribution in [2.24, 2.45) is 5.73 Å². The fourth-order valence-electron chi connectivity index (χ4n) is 3.38. The summed E-state index contributed by atoms with van der Waals surface area (Å²) in [4.78, 5) is 23.9. The Kier molecular flexibility index (Phi) is 5.09. The summed E-state index contributed by atoms with van der Waals surface area (Å²) in [7, 11) is 0. The molecule has 2 rings (SSSR count). The highest BCUT2D eigenvalue weighted by atomic mass is 16.2. The van der Waals surface area contributed by atoms with Gasteiger partial charge in [0.05, 0.1) is 12.0 Å². The van der Waals surface area contributed by atoms with Crippen LogP contribution >= 0.6 is 0 Å². The van der Waals surface area contributed by atoms with Crippen molar-refractivity contribution in [3.05, 3.63) is 42.3 Å². The molecule has 1 saturated heterocycles. The maximum absolute atomic E-state index is 12.2. The monoisotopic (exact) mass is 316 g/mol. The van der Waals surface area contributed by atoms with Gasteiger partial charge in [-0.3, -0.25) is 14.9 Å². The molecule has 2 unspecified atom stereocenters. The van der Waals surface area contributed by atoms with Gasteiger partial charge >= 0.3 is 0 Å². The van der Waals surface area contributed by atoms with Gasteiger partial charge in [0.1, 0.15) is 0 Å². The lowest BCUT2D eigenvalue weighted by atomic mass is 9.78. The highest BCUT2D eigenvalue weighted by molar-refractivity contribution is 5.86. The van der Waals surface area contributed by atoms with Gasteiger partial charge in [-0.05, 0) is 45.6 Å². The van der Waals surface area contributed by atoms with Gasteiger partial charge < -0.3 is 11.1 Å². The number of hydrogen-bond acceptors (Lipinski definition) is 3. The van der Waals surface area contributed by atoms with Crippen molar-refractivity contribution >= 4 is 11.8 Å². The van der Waals surface area contributed by atoms with Crippen LogP contribution in [-0.4, -0.2) is 28.9 Å². The predicted octanol–water partition coefficient (Wildman–Crippen LogP) is 1.32. The minimum Gasteiger partial charge on any atom is -0.368 e. The van der Waals surface area contributed by atoms with Gasteiger partial charge in [0.15, 0.2) is 0 Å². The Hall–Kier alpha value is -1.88. The van der Waals surface area contributed by atoms with Crippen molar-refractivity contribution < 1.29 is 9.59 Å². The summed E-state index contributed by atoms with van der Waals surface area (Å²) in [6.45, 7) is 5.82. The molecule has 1 radical (unpaired) electrons. The van der Waals surface area contributed by atoms with Gasteiger partial charge in [-0.25, -0.2) is 0 Å². The topological polar surface area (TPSA) is 84.2 Å². The molecule has 2 amide bonds. The number of rotatable bonds is 5. The van der Waals surface area contributed by atoms with Crippen LogP contribution < -0.4 is 16.4 Å². The summed E-state index contributed by atoms with van der Waals surface area (Å²) in [5.74, 6) is -0.499. The molecule has 4 N–H and O–H groups in total. The van der Waals surface area contributed by atoms with E-state index < -0.39 is 11.4 Å². The third kappa shape index (κ3) is 4.79. The third-order valence-corrected chi connectivity index (χ3v) is 4.28. The standard InChI is InChI=1S/C18H26N3O2/c1-17(2)11-14(12-18(3,21-17)16(19)23)20-15(22)10-9-13-7-5-4-6-8-13/h4-8,10,14,21H,9,11-12H2,1-3H3,(H2,19,23)(H,20,22). The van der Waals surface area contributed by atoms with E-state index in [2.05, 4.69) is 10.6 Å². The van der Waals surface area contributed by atoms with E-state index in [1.165, 1.54) is 0 Å². The first-order valence-corrected chi connectivity index (χ1v) is 7.97. The van der Waals surface area contributed by atoms with E-state index in [9.17, 15) is 9.59 Å². The Labute approximate surface area is 138 Å². The smallest absolute Gasteiger partial charge is 0.237 e. The number of carbonyl (C=O) groups is 2. The molecule has 1 aliphatic heterocycles. The molecule has 0 spiro atoms. The van der Waals surface area contributed by atoms with Crippen molar-refractivity contribution in [1.29, 1.82) is 0 Å². The van der Waals surface area contributed by atoms with Crippen molar-refractivity contribution in [3.8, 4) is 0 Å². The quantitative estimate of drug-likeness (QED) is 0.766. The van der Waals surface area contributed by atoms with Crippen LogP contribution in [0.4, 0.5) is 0 Å². The van der Waals surface area contributed by atoms with Crippen molar-refractivity contribution in [2.45, 2.75) is 57.2 Å². The van der Waals surface area contributed by atoms with Crippen LogP contribution in [0.1, 0.15) is 39.2 Å². The Morgan fingerprint density at radius 1 is 1.26 bits per heavy atom. The number of carbonyl (C=O) groups excluding carboxylic acids is 2. The molecule has 1 heterocycles. The lowest BCUT2D eigenvalue weighted by Crippen LogP contribution is -2.67. The van der Waals surface area contributed by atoms with E-state index in [0.29, 0.717) is 12.8 Å². The minimum absolute atomic E-state index is 0.0803. The van der Waals surface area contributed by atoms with Crippen molar-refractivity contribution in [3.63, 3.8) is 0 Å². The van der Waals surface area contributed by atoms with Crippen LogP contribution in [0, 0.1) is 6.42 Å². The molecule has 0 bridgehead atoms. The second-order valence-electron chi connectivity index (χ2n) is 7.21. The zero-order valence-corrected chi connectivity index (χ0v) is 14.1. The number of hydrogen-bond donors (Lipinski definition) is 3. The van der Waals surface area contributed by atoms with E-state index in [1.54, 1.807) is 13.3 Å². The van der Waals surface area contributed by atoms with Crippen LogP contribution in [0.15, 0.2) is 30.3 Å². The number of primary amides is 1. The Morgan fingerprint density at radius 3 is 2.52 bits per heavy atom. The first-order valence-electron chi connectivity index (χ1n) is 7.97. The SMILES string of the molecule is CC1(C)CC(NC(=O)[CH]Cc2ccccc2)CC(C)(C(N)=O)N1. The van der Waals surface area contributed by atoms with Gasteiger partial charge in [0, 0.05) is 11.6 Å². The molecule has 0 aromatic heterocycles. The fraction of sp³-hybridized carbons (Fsp3) is 0.500. The molecule has 125 valence electrons. The molecule has 0 aliphatic carbocycles. The molecule has 1 aromatic carbocycles. The number of piperidine rings is 1. The summed E-state index contributed by atoms with van der Waals surface area (Å²) in [6.07, 6.45) is 3.48. The average molecular weight is 316 g/mol. The summed E-state index contributed by atoms with van der Waals surface area (Å²) >= 11 is 0. The Bertz CT molecular complexity index is 571. The molecular formula is C18H26N3O2. The molecule has 1 aromatic rings. The second kappa shape index (κ2) is 6.71. The van der Waals surface area contributed by atoms with Gasteiger partial charge in [-0.2, -0.15) is 0 Å². The molecule has 5 nitrogen and oxygen atoms in total. The van der Waals surface area contributed by atoms with Crippen LogP contribution in [0.5, 0.6) is 0 Å². The highest BCUT2D eigenvalue weighted by Gasteiger charge is 2.44. The molecule has 23 heavy (non-hydrogen) atoms. The fourth-order valence-corrected chi connectivity index (χ4v) is 3.38. The zero-order valence-electron chi connectivity index (χ0n) is 14.1. The van der Waals surface area contributed by atoms with Gasteiger partial charge in [-0.1, -0.05) is 30.3 Å². The number of benzene rings is 1. The molecule has 0 saturated carbocycles. The molecule has 5 heteroatoms. The lowest BCUT2D eigenvalue weighted by Gasteiger charge is -2.46. The normalized spacial score (nSPS) is 26.5. The third-order valence-electron chi connectivity index (χ3n) is 4.28. The zero-order chi connectivity index (χ0) is 17.1. The van der Waals surface area contributed by atoms with E-state index in [0.717, 1.165) is 12.0 Å². The van der Waals surface area contributed by atoms with E-state index in [4.69, 9.17) is 5.73 Å². The molecule has 1 fully saturated rings. The van der Waals surface area contributed by atoms with Gasteiger partial charge in [0.25, 0.3) is 0 Å². The van der Waals surface area contributed by atoms with E-state index in [1.807, 2.05) is 44.2 Å². The number of nitrogens with one attached hydrogen (secondary N) is 2. The van der Waals surface area contributed by atoms with Gasteiger partial charge in [-0.15, -0.1) is 0 Å². The largest absolute Gasteiger partial charge is 0.368 e. The van der Waals surface area contributed by atoms with E-state index in [-0.39, 0.29) is 17.5 Å². The number of nitrogens with two attached hydrogens (primary N) is 1. The minimum atomic E-state index is -0.806. The highest BCUT2D eigenvalue weighted by Crippen LogP contribution is 2.28. The van der Waals surface area contributed by atoms with Crippen molar-refractivity contribution in [1.82, 2.24) is 10.6 Å². The van der Waals surface area contributed by atoms with Crippen LogP contribution in [0.3, 0.4) is 0 Å². The second-order valence-corrected chi connectivity index (χ2v) is 7.21. The van der Waals surface area contributed by atoms with Crippen molar-refractivity contribution in [2.75, 3.05) is 0 Å². The maximum atomic E-state index is 12.2. The summed E-state index contributed by atoms with van der Waals surface area (Å²) in [6, 6.07) is 9.75. The molecule has 2 atom stereocenters. The molecular weight excluding hydrogens is 290 g/mol. The predicted molar refractivity (Wildman–Crippen MR) is 90.4 cm³/mol. The van der Waals surface area contributed by atoms with Crippen LogP contribution in [-0.2, 0) is 16.0 Å². The number of amides is 2. The van der Waals surface area contributed by atoms with Crippen LogP contribution in [0.25, 0.3) is 0 Å². The molecule has 1 aliphatic rings. The summed E-state index contributed by atoms with van der Waals surface area (Å²) in [5.41, 5.74) is 5.55. The summed E-state index contributed by atoms with van der Waals surface area (Å²) in [5, 5.41) is 6.31. The maximum Gasteiger partial charge on any atom is 0.237 e. The van der Waals surface area contributed by atoms with Crippen LogP contribution in [0.2, 0.25) is 0 Å². The Balaban J connectivity index is 1.93. The average Bonchev–Trinajstić information content (AvgIpc) is 2.44. The lowest BCUT2D eigenvalue weighted by molar-refractivity contribution is -0.127. The summed E-state index contributed by atoms with van der Waals surface area (Å²) < 4.78 is 0. The Morgan fingerprint density at radius 2 is 1.91 bits per heavy atom. The first-order chi connectivity index (χ1) is 10.7. The first kappa shape index (κ1) is 17.5. The van der Waals surface area contributed by atoms with Gasteiger partial charge in [0.2, 0.25) is 11.8 Å².